The summed E-state index contributed by atoms with van der Waals surface area (Å²) in [5, 5.41) is 34.4. The Kier molecular flexibility index (Phi) is 5.40. The van der Waals surface area contributed by atoms with Crippen LogP contribution in [0.1, 0.15) is 92.9 Å². The van der Waals surface area contributed by atoms with Gasteiger partial charge in [0.25, 0.3) is 0 Å². The third-order valence-electron chi connectivity index (χ3n) is 13.4. The molecule has 5 heteroatoms. The number of carboxylic acids is 1. The number of aliphatic hydroxyl groups excluding tert-OH is 2. The van der Waals surface area contributed by atoms with Gasteiger partial charge in [0.2, 0.25) is 0 Å². The number of allylic oxidation sites excluding steroid dienone is 1. The summed E-state index contributed by atoms with van der Waals surface area (Å²) < 4.78 is 0. The number of ketones is 1. The van der Waals surface area contributed by atoms with Gasteiger partial charge in [-0.25, -0.2) is 0 Å². The van der Waals surface area contributed by atoms with E-state index in [1.54, 1.807) is 0 Å². The molecule has 5 rings (SSSR count). The summed E-state index contributed by atoms with van der Waals surface area (Å²) >= 11 is 0. The second-order valence-electron chi connectivity index (χ2n) is 14.5. The van der Waals surface area contributed by atoms with Crippen LogP contribution in [0, 0.1) is 56.7 Å². The van der Waals surface area contributed by atoms with Crippen molar-refractivity contribution in [2.24, 2.45) is 56.7 Å². The van der Waals surface area contributed by atoms with Gasteiger partial charge in [-0.1, -0.05) is 46.8 Å². The molecule has 5 aliphatic carbocycles. The van der Waals surface area contributed by atoms with Crippen LogP contribution in [0.4, 0.5) is 0 Å². The Bertz CT molecular complexity index is 970. The molecule has 0 heterocycles. The van der Waals surface area contributed by atoms with E-state index in [0.717, 1.165) is 31.3 Å². The van der Waals surface area contributed by atoms with Crippen molar-refractivity contribution in [3.8, 4) is 0 Å². The summed E-state index contributed by atoms with van der Waals surface area (Å²) in [6, 6.07) is 0. The van der Waals surface area contributed by atoms with Crippen molar-refractivity contribution < 1.29 is 24.9 Å². The number of aliphatic carboxylic acids is 1. The van der Waals surface area contributed by atoms with Crippen LogP contribution >= 0.6 is 0 Å². The number of carbonyl (C=O) groups is 2. The molecule has 0 aliphatic heterocycles. The third-order valence-corrected chi connectivity index (χ3v) is 13.4. The zero-order valence-electron chi connectivity index (χ0n) is 22.6. The maximum atomic E-state index is 12.9. The van der Waals surface area contributed by atoms with Gasteiger partial charge in [0.15, 0.2) is 0 Å². The molecule has 196 valence electrons. The molecule has 0 aromatic heterocycles. The number of fused-ring (bicyclic) bond motifs is 7. The molecule has 0 radical (unpaired) electrons. The van der Waals surface area contributed by atoms with E-state index < -0.39 is 39.8 Å². The predicted octanol–water partition coefficient (Wildman–Crippen LogP) is 5.24. The Morgan fingerprint density at radius 1 is 0.943 bits per heavy atom. The molecule has 0 bridgehead atoms. The van der Waals surface area contributed by atoms with Crippen molar-refractivity contribution in [1.82, 2.24) is 0 Å². The highest BCUT2D eigenvalue weighted by Crippen LogP contribution is 2.77. The second-order valence-corrected chi connectivity index (χ2v) is 14.5. The first-order valence-corrected chi connectivity index (χ1v) is 13.9. The molecule has 3 N–H and O–H groups in total. The third kappa shape index (κ3) is 2.78. The lowest BCUT2D eigenvalue weighted by atomic mass is 9.31. The molecule has 5 aliphatic rings. The van der Waals surface area contributed by atoms with Gasteiger partial charge in [-0.05, 0) is 86.9 Å². The Morgan fingerprint density at radius 3 is 2.20 bits per heavy atom. The van der Waals surface area contributed by atoms with Gasteiger partial charge in [0.05, 0.1) is 17.6 Å². The summed E-state index contributed by atoms with van der Waals surface area (Å²) in [5.74, 6) is -0.102. The molecule has 5 saturated carbocycles. The van der Waals surface area contributed by atoms with E-state index in [9.17, 15) is 24.9 Å². The van der Waals surface area contributed by atoms with E-state index in [0.29, 0.717) is 25.0 Å². The van der Waals surface area contributed by atoms with E-state index in [4.69, 9.17) is 0 Å². The first kappa shape index (κ1) is 25.4. The lowest BCUT2D eigenvalue weighted by Gasteiger charge is -2.74. The molecule has 0 aromatic rings. The normalized spacial score (nSPS) is 54.7. The van der Waals surface area contributed by atoms with Crippen molar-refractivity contribution in [1.29, 1.82) is 0 Å². The minimum absolute atomic E-state index is 0.0147. The molecule has 5 fully saturated rings. The lowest BCUT2D eigenvalue weighted by Crippen LogP contribution is -2.73. The Balaban J connectivity index is 1.65. The average Bonchev–Trinajstić information content (AvgIpc) is 3.16. The van der Waals surface area contributed by atoms with Crippen LogP contribution in [-0.2, 0) is 9.59 Å². The topological polar surface area (TPSA) is 94.8 Å². The van der Waals surface area contributed by atoms with Gasteiger partial charge in [-0.2, -0.15) is 0 Å². The molecule has 11 atom stereocenters. The highest BCUT2D eigenvalue weighted by atomic mass is 16.4. The summed E-state index contributed by atoms with van der Waals surface area (Å²) in [7, 11) is 0. The molecule has 0 amide bonds. The SMILES string of the molecule is C=C(C)[C@@H]1CC[C@]2(C(=O)O)C[C@H](O)[C@]3(C)[C@H](CCC4[C@@]3(C)[C@@H](O)C[C@H]3C(C)(C)C(=O)CC[C@]43C)C12. The quantitative estimate of drug-likeness (QED) is 0.464. The van der Waals surface area contributed by atoms with Gasteiger partial charge in [0, 0.05) is 22.7 Å². The molecule has 5 nitrogen and oxygen atoms in total. The van der Waals surface area contributed by atoms with E-state index in [-0.39, 0.29) is 41.4 Å². The predicted molar refractivity (Wildman–Crippen MR) is 134 cm³/mol. The first-order chi connectivity index (χ1) is 16.1. The Hall–Kier alpha value is -1.20. The molecule has 35 heavy (non-hydrogen) atoms. The van der Waals surface area contributed by atoms with Crippen molar-refractivity contribution in [2.45, 2.75) is 105 Å². The monoisotopic (exact) mass is 486 g/mol. The number of Topliss-reactive ketones (excluding diaryl/α,β-unsaturated/α-hetero) is 1. The fraction of sp³-hybridized carbons (Fsp3) is 0.867. The number of aliphatic hydroxyl groups is 2. The van der Waals surface area contributed by atoms with Crippen LogP contribution in [0.15, 0.2) is 12.2 Å². The number of hydrogen-bond donors (Lipinski definition) is 3. The minimum atomic E-state index is -0.915. The van der Waals surface area contributed by atoms with Crippen molar-refractivity contribution in [3.63, 3.8) is 0 Å². The minimum Gasteiger partial charge on any atom is -0.481 e. The Morgan fingerprint density at radius 2 is 1.60 bits per heavy atom. The molecule has 0 spiro atoms. The average molecular weight is 487 g/mol. The van der Waals surface area contributed by atoms with Gasteiger partial charge in [-0.15, -0.1) is 0 Å². The molecule has 0 saturated heterocycles. The van der Waals surface area contributed by atoms with Gasteiger partial charge < -0.3 is 15.3 Å². The highest BCUT2D eigenvalue weighted by Gasteiger charge is 2.76. The van der Waals surface area contributed by atoms with Crippen LogP contribution in [0.2, 0.25) is 0 Å². The maximum absolute atomic E-state index is 12.9. The number of carboxylic acid groups (broad SMARTS) is 1. The number of hydrogen-bond acceptors (Lipinski definition) is 4. The van der Waals surface area contributed by atoms with Crippen molar-refractivity contribution in [2.75, 3.05) is 0 Å². The maximum Gasteiger partial charge on any atom is 0.310 e. The molecule has 0 aromatic carbocycles. The Labute approximate surface area is 210 Å². The van der Waals surface area contributed by atoms with Crippen LogP contribution < -0.4 is 0 Å². The van der Waals surface area contributed by atoms with Crippen LogP contribution in [0.25, 0.3) is 0 Å². The smallest absolute Gasteiger partial charge is 0.310 e. The van der Waals surface area contributed by atoms with Crippen molar-refractivity contribution in [3.05, 3.63) is 12.2 Å². The van der Waals surface area contributed by atoms with Crippen molar-refractivity contribution >= 4 is 11.8 Å². The molecular formula is C30H46O5. The zero-order valence-corrected chi connectivity index (χ0v) is 22.6. The molecular weight excluding hydrogens is 440 g/mol. The largest absolute Gasteiger partial charge is 0.481 e. The first-order valence-electron chi connectivity index (χ1n) is 13.9. The highest BCUT2D eigenvalue weighted by molar-refractivity contribution is 5.85. The lowest BCUT2D eigenvalue weighted by molar-refractivity contribution is -0.297. The van der Waals surface area contributed by atoms with Gasteiger partial charge >= 0.3 is 5.97 Å². The van der Waals surface area contributed by atoms with Crippen LogP contribution in [0.5, 0.6) is 0 Å². The van der Waals surface area contributed by atoms with E-state index >= 15 is 0 Å². The van der Waals surface area contributed by atoms with Gasteiger partial charge in [0.1, 0.15) is 5.78 Å². The van der Waals surface area contributed by atoms with Gasteiger partial charge in [-0.3, -0.25) is 9.59 Å². The summed E-state index contributed by atoms with van der Waals surface area (Å²) in [5.41, 5.74) is -1.58. The summed E-state index contributed by atoms with van der Waals surface area (Å²) in [6.45, 7) is 17.1. The van der Waals surface area contributed by atoms with E-state index in [1.807, 2.05) is 6.92 Å². The van der Waals surface area contributed by atoms with Crippen LogP contribution in [-0.4, -0.2) is 39.3 Å². The zero-order chi connectivity index (χ0) is 25.9. The van der Waals surface area contributed by atoms with E-state index in [1.165, 1.54) is 0 Å². The molecule has 2 unspecified atom stereocenters. The number of carbonyl (C=O) groups excluding carboxylic acids is 1. The fourth-order valence-electron chi connectivity index (χ4n) is 11.3. The van der Waals surface area contributed by atoms with E-state index in [2.05, 4.69) is 41.2 Å². The fourth-order valence-corrected chi connectivity index (χ4v) is 11.3. The standard InChI is InChI=1S/C30H46O5/c1-16(2)17-10-13-30(25(34)35)15-23(33)28(6)18(24(17)30)8-9-19-27(5)12-11-21(31)26(3,4)20(27)14-22(32)29(19,28)7/h17-20,22-24,32-33H,1,8-15H2,2-7H3,(H,34,35)/t17-,18+,19?,20-,22-,23-,24?,27+,28-,29-,30-/m0/s1. The number of rotatable bonds is 2. The van der Waals surface area contributed by atoms with Crippen LogP contribution in [0.3, 0.4) is 0 Å². The summed E-state index contributed by atoms with van der Waals surface area (Å²) in [4.78, 5) is 25.7. The summed E-state index contributed by atoms with van der Waals surface area (Å²) in [6.07, 6.45) is 3.97. The second kappa shape index (κ2) is 7.43.